The molecule has 0 unspecified atom stereocenters. The van der Waals surface area contributed by atoms with Gasteiger partial charge in [-0.3, -0.25) is 0 Å². The topological polar surface area (TPSA) is 38.9 Å². The van der Waals surface area contributed by atoms with E-state index < -0.39 is 0 Å². The van der Waals surface area contributed by atoms with Crippen LogP contribution in [0.4, 0.5) is 0 Å². The van der Waals surface area contributed by atoms with Crippen molar-refractivity contribution in [2.45, 2.75) is 0 Å². The standard InChI is InChI=1S/C28H17IN2O/c29-22-16-15-20(27-26(22)21-13-7-8-14-25(21)32-27)24-17-23(18-9-3-1-4-10-18)30-28(31-24)19-11-5-2-6-12-19/h1-17H. The van der Waals surface area contributed by atoms with Gasteiger partial charge in [0.1, 0.15) is 11.2 Å². The zero-order valence-corrected chi connectivity index (χ0v) is 19.2. The van der Waals surface area contributed by atoms with E-state index in [1.165, 1.54) is 0 Å². The second-order valence-corrected chi connectivity index (χ2v) is 8.75. The number of para-hydroxylation sites is 1. The van der Waals surface area contributed by atoms with Crippen molar-refractivity contribution in [2.24, 2.45) is 0 Å². The van der Waals surface area contributed by atoms with Gasteiger partial charge < -0.3 is 4.42 Å². The van der Waals surface area contributed by atoms with Crippen LogP contribution in [0.3, 0.4) is 0 Å². The summed E-state index contributed by atoms with van der Waals surface area (Å²) in [4.78, 5) is 9.87. The highest BCUT2D eigenvalue weighted by atomic mass is 127. The second-order valence-electron chi connectivity index (χ2n) is 7.59. The summed E-state index contributed by atoms with van der Waals surface area (Å²) in [7, 11) is 0. The molecule has 0 aliphatic carbocycles. The summed E-state index contributed by atoms with van der Waals surface area (Å²) in [6.45, 7) is 0. The Kier molecular flexibility index (Phi) is 4.72. The molecular formula is C28H17IN2O. The van der Waals surface area contributed by atoms with Gasteiger partial charge in [0.25, 0.3) is 0 Å². The van der Waals surface area contributed by atoms with E-state index in [2.05, 4.69) is 59.0 Å². The molecule has 2 heterocycles. The maximum Gasteiger partial charge on any atom is 0.160 e. The van der Waals surface area contributed by atoms with Crippen LogP contribution in [0.2, 0.25) is 0 Å². The molecule has 4 aromatic carbocycles. The summed E-state index contributed by atoms with van der Waals surface area (Å²) in [5, 5.41) is 2.24. The van der Waals surface area contributed by atoms with E-state index in [0.717, 1.165) is 53.6 Å². The maximum atomic E-state index is 6.34. The molecule has 4 heteroatoms. The molecule has 0 fully saturated rings. The van der Waals surface area contributed by atoms with Crippen molar-refractivity contribution in [1.29, 1.82) is 0 Å². The highest BCUT2D eigenvalue weighted by molar-refractivity contribution is 14.1. The molecule has 0 atom stereocenters. The molecule has 0 radical (unpaired) electrons. The fourth-order valence-electron chi connectivity index (χ4n) is 4.05. The lowest BCUT2D eigenvalue weighted by Crippen LogP contribution is -1.96. The van der Waals surface area contributed by atoms with E-state index in [1.807, 2.05) is 66.7 Å². The number of furan rings is 1. The Bertz CT molecular complexity index is 1520. The number of rotatable bonds is 3. The van der Waals surface area contributed by atoms with Crippen LogP contribution in [-0.2, 0) is 0 Å². The number of nitrogens with zero attached hydrogens (tertiary/aromatic N) is 2. The number of aromatic nitrogens is 2. The van der Waals surface area contributed by atoms with Crippen LogP contribution in [0.5, 0.6) is 0 Å². The lowest BCUT2D eigenvalue weighted by molar-refractivity contribution is 0.669. The van der Waals surface area contributed by atoms with Crippen molar-refractivity contribution < 1.29 is 4.42 Å². The molecule has 152 valence electrons. The van der Waals surface area contributed by atoms with Gasteiger partial charge in [-0.1, -0.05) is 78.9 Å². The minimum atomic E-state index is 0.699. The SMILES string of the molecule is Ic1ccc(-c2cc(-c3ccccc3)nc(-c3ccccc3)n2)c2oc3ccccc3c12. The minimum Gasteiger partial charge on any atom is -0.455 e. The van der Waals surface area contributed by atoms with Crippen LogP contribution >= 0.6 is 22.6 Å². The third-order valence-corrected chi connectivity index (χ3v) is 6.48. The predicted molar refractivity (Wildman–Crippen MR) is 138 cm³/mol. The molecule has 0 aliphatic heterocycles. The smallest absolute Gasteiger partial charge is 0.160 e. The zero-order valence-electron chi connectivity index (χ0n) is 17.0. The molecule has 0 bridgehead atoms. The lowest BCUT2D eigenvalue weighted by atomic mass is 10.0. The molecule has 0 saturated heterocycles. The highest BCUT2D eigenvalue weighted by Crippen LogP contribution is 2.39. The van der Waals surface area contributed by atoms with Crippen LogP contribution in [0.1, 0.15) is 0 Å². The van der Waals surface area contributed by atoms with Crippen molar-refractivity contribution >= 4 is 44.5 Å². The van der Waals surface area contributed by atoms with Gasteiger partial charge in [0.15, 0.2) is 5.82 Å². The Morgan fingerprint density at radius 2 is 1.28 bits per heavy atom. The minimum absolute atomic E-state index is 0.699. The first-order valence-corrected chi connectivity index (χ1v) is 11.5. The summed E-state index contributed by atoms with van der Waals surface area (Å²) < 4.78 is 7.50. The number of fused-ring (bicyclic) bond motifs is 3. The first kappa shape index (κ1) is 19.2. The number of benzene rings is 4. The molecule has 0 aliphatic rings. The molecule has 0 N–H and O–H groups in total. The first-order valence-electron chi connectivity index (χ1n) is 10.4. The van der Waals surface area contributed by atoms with Crippen LogP contribution in [0.25, 0.3) is 55.8 Å². The Labute approximate surface area is 198 Å². The van der Waals surface area contributed by atoms with Gasteiger partial charge in [0.2, 0.25) is 0 Å². The Morgan fingerprint density at radius 1 is 0.625 bits per heavy atom. The molecule has 0 amide bonds. The van der Waals surface area contributed by atoms with Gasteiger partial charge >= 0.3 is 0 Å². The third-order valence-electron chi connectivity index (χ3n) is 5.58. The molecule has 2 aromatic heterocycles. The Balaban J connectivity index is 1.65. The van der Waals surface area contributed by atoms with Crippen molar-refractivity contribution in [3.05, 3.63) is 107 Å². The van der Waals surface area contributed by atoms with Crippen molar-refractivity contribution in [3.63, 3.8) is 0 Å². The van der Waals surface area contributed by atoms with Crippen molar-refractivity contribution in [1.82, 2.24) is 9.97 Å². The zero-order chi connectivity index (χ0) is 21.5. The van der Waals surface area contributed by atoms with E-state index in [0.29, 0.717) is 5.82 Å². The van der Waals surface area contributed by atoms with Crippen LogP contribution in [0.15, 0.2) is 108 Å². The summed E-state index contributed by atoms with van der Waals surface area (Å²) in [5.74, 6) is 0.699. The molecular weight excluding hydrogens is 507 g/mol. The normalized spacial score (nSPS) is 11.3. The van der Waals surface area contributed by atoms with Gasteiger partial charge in [-0.25, -0.2) is 9.97 Å². The summed E-state index contributed by atoms with van der Waals surface area (Å²) in [5.41, 5.74) is 6.48. The quantitative estimate of drug-likeness (QED) is 0.220. The molecule has 32 heavy (non-hydrogen) atoms. The lowest BCUT2D eigenvalue weighted by Gasteiger charge is -2.10. The van der Waals surface area contributed by atoms with E-state index >= 15 is 0 Å². The third kappa shape index (κ3) is 3.28. The number of halogens is 1. The molecule has 0 spiro atoms. The van der Waals surface area contributed by atoms with Crippen molar-refractivity contribution in [3.8, 4) is 33.9 Å². The molecule has 6 rings (SSSR count). The second kappa shape index (κ2) is 7.88. The van der Waals surface area contributed by atoms with Gasteiger partial charge in [-0.05, 0) is 46.9 Å². The highest BCUT2D eigenvalue weighted by Gasteiger charge is 2.18. The van der Waals surface area contributed by atoms with Crippen molar-refractivity contribution in [2.75, 3.05) is 0 Å². The average molecular weight is 524 g/mol. The van der Waals surface area contributed by atoms with Gasteiger partial charge in [0.05, 0.1) is 11.4 Å². The molecule has 6 aromatic rings. The summed E-state index contributed by atoms with van der Waals surface area (Å²) in [6.07, 6.45) is 0. The van der Waals surface area contributed by atoms with Crippen LogP contribution in [0, 0.1) is 3.57 Å². The fraction of sp³-hybridized carbons (Fsp3) is 0. The van der Waals surface area contributed by atoms with Gasteiger partial charge in [-0.2, -0.15) is 0 Å². The first-order chi connectivity index (χ1) is 15.8. The maximum absolute atomic E-state index is 6.34. The van der Waals surface area contributed by atoms with E-state index in [1.54, 1.807) is 0 Å². The summed E-state index contributed by atoms with van der Waals surface area (Å²) in [6, 6.07) is 34.8. The fourth-order valence-corrected chi connectivity index (χ4v) is 4.76. The van der Waals surface area contributed by atoms with E-state index in [9.17, 15) is 0 Å². The number of hydrogen-bond acceptors (Lipinski definition) is 3. The predicted octanol–water partition coefficient (Wildman–Crippen LogP) is 7.98. The Hall–Kier alpha value is -3.51. The average Bonchev–Trinajstić information content (AvgIpc) is 3.25. The van der Waals surface area contributed by atoms with E-state index in [4.69, 9.17) is 14.4 Å². The van der Waals surface area contributed by atoms with Gasteiger partial charge in [-0.15, -0.1) is 0 Å². The van der Waals surface area contributed by atoms with E-state index in [-0.39, 0.29) is 0 Å². The monoisotopic (exact) mass is 524 g/mol. The Morgan fingerprint density at radius 3 is 2.06 bits per heavy atom. The van der Waals surface area contributed by atoms with Crippen LogP contribution < -0.4 is 0 Å². The van der Waals surface area contributed by atoms with Gasteiger partial charge in [0, 0.05) is 31.0 Å². The number of hydrogen-bond donors (Lipinski definition) is 0. The molecule has 3 nitrogen and oxygen atoms in total. The summed E-state index contributed by atoms with van der Waals surface area (Å²) >= 11 is 2.38. The molecule has 0 saturated carbocycles. The van der Waals surface area contributed by atoms with Crippen LogP contribution in [-0.4, -0.2) is 9.97 Å². The largest absolute Gasteiger partial charge is 0.455 e.